The summed E-state index contributed by atoms with van der Waals surface area (Å²) in [6.07, 6.45) is 5.20. The Kier molecular flexibility index (Phi) is 6.33. The Morgan fingerprint density at radius 1 is 0.750 bits per heavy atom. The van der Waals surface area contributed by atoms with Crippen molar-refractivity contribution in [3.63, 3.8) is 0 Å². The molecule has 0 heterocycles. The van der Waals surface area contributed by atoms with Gasteiger partial charge in [0.05, 0.1) is 6.04 Å². The molecule has 0 atom stereocenters. The molecule has 0 bridgehead atoms. The van der Waals surface area contributed by atoms with Gasteiger partial charge in [-0.3, -0.25) is 0 Å². The maximum atomic E-state index is 3.71. The van der Waals surface area contributed by atoms with Gasteiger partial charge in [-0.1, -0.05) is 86.8 Å². The van der Waals surface area contributed by atoms with Crippen molar-refractivity contribution < 1.29 is 0 Å². The van der Waals surface area contributed by atoms with Gasteiger partial charge in [0.2, 0.25) is 0 Å². The van der Waals surface area contributed by atoms with Gasteiger partial charge < -0.3 is 5.32 Å². The largest absolute Gasteiger partial charge is 0.306 e. The summed E-state index contributed by atoms with van der Waals surface area (Å²) in [5.74, 6) is 0. The molecule has 0 fully saturated rings. The third-order valence-electron chi connectivity index (χ3n) is 3.64. The lowest BCUT2D eigenvalue weighted by Gasteiger charge is -2.20. The van der Waals surface area contributed by atoms with Crippen molar-refractivity contribution in [2.24, 2.45) is 0 Å². The zero-order valence-corrected chi connectivity index (χ0v) is 12.4. The monoisotopic (exact) mass is 267 g/mol. The highest BCUT2D eigenvalue weighted by atomic mass is 14.9. The van der Waals surface area contributed by atoms with E-state index in [2.05, 4.69) is 72.9 Å². The van der Waals surface area contributed by atoms with Gasteiger partial charge in [-0.15, -0.1) is 0 Å². The molecule has 1 heteroatoms. The van der Waals surface area contributed by atoms with Crippen LogP contribution in [0.3, 0.4) is 0 Å². The van der Waals surface area contributed by atoms with E-state index in [1.165, 1.54) is 36.8 Å². The van der Waals surface area contributed by atoms with Crippen LogP contribution >= 0.6 is 0 Å². The minimum atomic E-state index is 0.305. The van der Waals surface area contributed by atoms with Gasteiger partial charge >= 0.3 is 0 Å². The van der Waals surface area contributed by atoms with Gasteiger partial charge in [0, 0.05) is 0 Å². The van der Waals surface area contributed by atoms with Crippen LogP contribution in [0.5, 0.6) is 0 Å². The molecule has 0 unspecified atom stereocenters. The van der Waals surface area contributed by atoms with Crippen molar-refractivity contribution in [2.75, 3.05) is 6.54 Å². The smallest absolute Gasteiger partial charge is 0.0576 e. The van der Waals surface area contributed by atoms with Gasteiger partial charge in [0.15, 0.2) is 0 Å². The second-order valence-electron chi connectivity index (χ2n) is 5.27. The molecule has 2 aromatic carbocycles. The lowest BCUT2D eigenvalue weighted by atomic mass is 9.98. The number of rotatable bonds is 8. The summed E-state index contributed by atoms with van der Waals surface area (Å²) < 4.78 is 0. The SMILES string of the molecule is CCCCCCNC(c1ccccc1)c1ccccc1. The summed E-state index contributed by atoms with van der Waals surface area (Å²) in [6, 6.07) is 21.7. The molecule has 1 nitrogen and oxygen atoms in total. The van der Waals surface area contributed by atoms with Crippen LogP contribution < -0.4 is 5.32 Å². The summed E-state index contributed by atoms with van der Waals surface area (Å²) in [7, 11) is 0. The molecule has 2 rings (SSSR count). The molecule has 0 aliphatic heterocycles. The molecule has 106 valence electrons. The molecule has 0 saturated carbocycles. The standard InChI is InChI=1S/C19H25N/c1-2-3-4-11-16-20-19(17-12-7-5-8-13-17)18-14-9-6-10-15-18/h5-10,12-15,19-20H,2-4,11,16H2,1H3. The predicted octanol–water partition coefficient (Wildman–Crippen LogP) is 4.95. The Balaban J connectivity index is 2.02. The lowest BCUT2D eigenvalue weighted by molar-refractivity contribution is 0.556. The van der Waals surface area contributed by atoms with Crippen LogP contribution in [0.4, 0.5) is 0 Å². The fourth-order valence-electron chi connectivity index (χ4n) is 2.52. The fraction of sp³-hybridized carbons (Fsp3) is 0.368. The third kappa shape index (κ3) is 4.50. The Hall–Kier alpha value is -1.60. The molecule has 0 aliphatic rings. The molecule has 0 amide bonds. The highest BCUT2D eigenvalue weighted by Crippen LogP contribution is 2.21. The first-order valence-corrected chi connectivity index (χ1v) is 7.75. The molecule has 0 aromatic heterocycles. The van der Waals surface area contributed by atoms with E-state index >= 15 is 0 Å². The van der Waals surface area contributed by atoms with Crippen molar-refractivity contribution in [1.82, 2.24) is 5.32 Å². The van der Waals surface area contributed by atoms with Crippen LogP contribution in [0.1, 0.15) is 49.8 Å². The summed E-state index contributed by atoms with van der Waals surface area (Å²) in [5.41, 5.74) is 2.68. The van der Waals surface area contributed by atoms with Crippen molar-refractivity contribution in [3.8, 4) is 0 Å². The van der Waals surface area contributed by atoms with E-state index in [1.807, 2.05) is 0 Å². The second kappa shape index (κ2) is 8.55. The van der Waals surface area contributed by atoms with Gasteiger partial charge in [-0.25, -0.2) is 0 Å². The first-order valence-electron chi connectivity index (χ1n) is 7.75. The molecule has 2 aromatic rings. The number of hydrogen-bond acceptors (Lipinski definition) is 1. The molecule has 0 saturated heterocycles. The van der Waals surface area contributed by atoms with Crippen LogP contribution in [-0.4, -0.2) is 6.54 Å². The molecule has 0 radical (unpaired) electrons. The minimum Gasteiger partial charge on any atom is -0.306 e. The second-order valence-corrected chi connectivity index (χ2v) is 5.27. The van der Waals surface area contributed by atoms with Gasteiger partial charge in [0.25, 0.3) is 0 Å². The fourth-order valence-corrected chi connectivity index (χ4v) is 2.52. The zero-order valence-electron chi connectivity index (χ0n) is 12.4. The summed E-state index contributed by atoms with van der Waals surface area (Å²) in [6.45, 7) is 3.33. The first-order chi connectivity index (χ1) is 9.92. The minimum absolute atomic E-state index is 0.305. The Labute approximate surface area is 123 Å². The quantitative estimate of drug-likeness (QED) is 0.668. The normalized spacial score (nSPS) is 10.9. The van der Waals surface area contributed by atoms with Crippen molar-refractivity contribution >= 4 is 0 Å². The topological polar surface area (TPSA) is 12.0 Å². The van der Waals surface area contributed by atoms with E-state index < -0.39 is 0 Å². The van der Waals surface area contributed by atoms with Crippen molar-refractivity contribution in [2.45, 2.75) is 38.6 Å². The van der Waals surface area contributed by atoms with E-state index in [0.29, 0.717) is 6.04 Å². The van der Waals surface area contributed by atoms with Gasteiger partial charge in [-0.2, -0.15) is 0 Å². The third-order valence-corrected chi connectivity index (χ3v) is 3.64. The zero-order chi connectivity index (χ0) is 14.0. The average molecular weight is 267 g/mol. The number of nitrogens with one attached hydrogen (secondary N) is 1. The Morgan fingerprint density at radius 2 is 1.30 bits per heavy atom. The highest BCUT2D eigenvalue weighted by molar-refractivity contribution is 5.31. The maximum Gasteiger partial charge on any atom is 0.0576 e. The van der Waals surface area contributed by atoms with E-state index in [4.69, 9.17) is 0 Å². The first kappa shape index (κ1) is 14.8. The Bertz CT molecular complexity index is 424. The molecular formula is C19H25N. The van der Waals surface area contributed by atoms with Crippen LogP contribution in [0.25, 0.3) is 0 Å². The summed E-state index contributed by atoms with van der Waals surface area (Å²) >= 11 is 0. The van der Waals surface area contributed by atoms with Crippen molar-refractivity contribution in [1.29, 1.82) is 0 Å². The van der Waals surface area contributed by atoms with Crippen LogP contribution in [0, 0.1) is 0 Å². The lowest BCUT2D eigenvalue weighted by Crippen LogP contribution is -2.23. The number of hydrogen-bond donors (Lipinski definition) is 1. The summed E-state index contributed by atoms with van der Waals surface area (Å²) in [4.78, 5) is 0. The van der Waals surface area contributed by atoms with E-state index in [1.54, 1.807) is 0 Å². The molecule has 0 aliphatic carbocycles. The average Bonchev–Trinajstić information content (AvgIpc) is 2.53. The van der Waals surface area contributed by atoms with Gasteiger partial charge in [0.1, 0.15) is 0 Å². The summed E-state index contributed by atoms with van der Waals surface area (Å²) in [5, 5.41) is 3.71. The van der Waals surface area contributed by atoms with Crippen LogP contribution in [0.15, 0.2) is 60.7 Å². The van der Waals surface area contributed by atoms with E-state index in [0.717, 1.165) is 6.54 Å². The van der Waals surface area contributed by atoms with Crippen LogP contribution in [-0.2, 0) is 0 Å². The highest BCUT2D eigenvalue weighted by Gasteiger charge is 2.12. The molecule has 0 spiro atoms. The van der Waals surface area contributed by atoms with Crippen LogP contribution in [0.2, 0.25) is 0 Å². The van der Waals surface area contributed by atoms with E-state index in [-0.39, 0.29) is 0 Å². The molecular weight excluding hydrogens is 242 g/mol. The number of benzene rings is 2. The number of unbranched alkanes of at least 4 members (excludes halogenated alkanes) is 3. The van der Waals surface area contributed by atoms with E-state index in [9.17, 15) is 0 Å². The predicted molar refractivity (Wildman–Crippen MR) is 86.9 cm³/mol. The maximum absolute atomic E-state index is 3.71. The van der Waals surface area contributed by atoms with Gasteiger partial charge in [-0.05, 0) is 24.1 Å². The molecule has 20 heavy (non-hydrogen) atoms. The Morgan fingerprint density at radius 3 is 1.80 bits per heavy atom. The molecule has 1 N–H and O–H groups in total. The van der Waals surface area contributed by atoms with Crippen molar-refractivity contribution in [3.05, 3.63) is 71.8 Å².